The first-order valence-electron chi connectivity index (χ1n) is 5.91. The topological polar surface area (TPSA) is 70.7 Å². The molecule has 0 bridgehead atoms. The fraction of sp³-hybridized carbons (Fsp3) is 0. The standard InChI is InChI=1S/C15H8F2O4/c16-8-5-10(17)12-11(6-8)21-15(14(20)13(12)19)7-1-3-9(18)4-2-7/h1-6,18,20H. The first-order chi connectivity index (χ1) is 9.97. The molecule has 6 heteroatoms. The van der Waals surface area contributed by atoms with E-state index < -0.39 is 28.2 Å². The second-order valence-corrected chi connectivity index (χ2v) is 4.42. The van der Waals surface area contributed by atoms with Crippen LogP contribution in [0.4, 0.5) is 8.78 Å². The minimum absolute atomic E-state index is 0.0153. The monoisotopic (exact) mass is 290 g/mol. The van der Waals surface area contributed by atoms with E-state index >= 15 is 0 Å². The van der Waals surface area contributed by atoms with Crippen molar-refractivity contribution < 1.29 is 23.4 Å². The summed E-state index contributed by atoms with van der Waals surface area (Å²) in [5.41, 5.74) is -1.01. The van der Waals surface area contributed by atoms with Crippen molar-refractivity contribution in [2.45, 2.75) is 0 Å². The molecule has 106 valence electrons. The van der Waals surface area contributed by atoms with Crippen LogP contribution >= 0.6 is 0 Å². The van der Waals surface area contributed by atoms with Crippen molar-refractivity contribution in [3.8, 4) is 22.8 Å². The summed E-state index contributed by atoms with van der Waals surface area (Å²) in [6, 6.07) is 6.85. The second-order valence-electron chi connectivity index (χ2n) is 4.42. The Morgan fingerprint density at radius 1 is 1.00 bits per heavy atom. The highest BCUT2D eigenvalue weighted by Crippen LogP contribution is 2.31. The number of aromatic hydroxyl groups is 2. The average molecular weight is 290 g/mol. The van der Waals surface area contributed by atoms with Crippen LogP contribution in [-0.4, -0.2) is 10.2 Å². The molecule has 3 aromatic rings. The Bertz CT molecular complexity index is 898. The molecular weight excluding hydrogens is 282 g/mol. The van der Waals surface area contributed by atoms with Gasteiger partial charge in [0, 0.05) is 17.7 Å². The van der Waals surface area contributed by atoms with E-state index in [1.54, 1.807) is 0 Å². The number of halogens is 2. The predicted octanol–water partition coefficient (Wildman–Crippen LogP) is 3.15. The van der Waals surface area contributed by atoms with E-state index in [1.165, 1.54) is 24.3 Å². The summed E-state index contributed by atoms with van der Waals surface area (Å²) in [5, 5.41) is 18.6. The highest BCUT2D eigenvalue weighted by Gasteiger charge is 2.18. The fourth-order valence-electron chi connectivity index (χ4n) is 2.04. The Morgan fingerprint density at radius 2 is 1.67 bits per heavy atom. The molecule has 0 fully saturated rings. The van der Waals surface area contributed by atoms with Crippen molar-refractivity contribution in [1.29, 1.82) is 0 Å². The van der Waals surface area contributed by atoms with Crippen molar-refractivity contribution in [2.24, 2.45) is 0 Å². The number of fused-ring (bicyclic) bond motifs is 1. The molecule has 0 unspecified atom stereocenters. The Kier molecular flexibility index (Phi) is 2.86. The molecule has 0 aliphatic heterocycles. The third-order valence-electron chi connectivity index (χ3n) is 3.02. The molecule has 3 rings (SSSR count). The Hall–Kier alpha value is -2.89. The van der Waals surface area contributed by atoms with Crippen LogP contribution in [0.2, 0.25) is 0 Å². The van der Waals surface area contributed by atoms with Gasteiger partial charge in [0.05, 0.1) is 0 Å². The maximum atomic E-state index is 13.6. The molecule has 21 heavy (non-hydrogen) atoms. The smallest absolute Gasteiger partial charge is 0.238 e. The zero-order chi connectivity index (χ0) is 15.1. The molecule has 1 heterocycles. The van der Waals surface area contributed by atoms with Gasteiger partial charge in [-0.15, -0.1) is 0 Å². The number of hydrogen-bond donors (Lipinski definition) is 2. The van der Waals surface area contributed by atoms with Crippen molar-refractivity contribution >= 4 is 11.0 Å². The summed E-state index contributed by atoms with van der Waals surface area (Å²) in [6.07, 6.45) is 0. The molecule has 0 radical (unpaired) electrons. The van der Waals surface area contributed by atoms with Crippen LogP contribution in [0.3, 0.4) is 0 Å². The third kappa shape index (κ3) is 2.10. The van der Waals surface area contributed by atoms with Crippen molar-refractivity contribution in [1.82, 2.24) is 0 Å². The van der Waals surface area contributed by atoms with E-state index in [-0.39, 0.29) is 22.7 Å². The summed E-state index contributed by atoms with van der Waals surface area (Å²) in [7, 11) is 0. The molecule has 0 atom stereocenters. The number of hydrogen-bond acceptors (Lipinski definition) is 4. The van der Waals surface area contributed by atoms with Gasteiger partial charge in [0.15, 0.2) is 5.76 Å². The molecule has 0 aliphatic rings. The van der Waals surface area contributed by atoms with Crippen LogP contribution in [0.5, 0.6) is 11.5 Å². The maximum Gasteiger partial charge on any atom is 0.238 e. The largest absolute Gasteiger partial charge is 0.508 e. The average Bonchev–Trinajstić information content (AvgIpc) is 2.43. The van der Waals surface area contributed by atoms with Gasteiger partial charge in [0.2, 0.25) is 11.2 Å². The molecule has 0 spiro atoms. The Balaban J connectivity index is 2.37. The Labute approximate surface area is 116 Å². The molecule has 2 N–H and O–H groups in total. The van der Waals surface area contributed by atoms with Gasteiger partial charge in [0.1, 0.15) is 28.4 Å². The van der Waals surface area contributed by atoms with Gasteiger partial charge in [-0.05, 0) is 24.3 Å². The van der Waals surface area contributed by atoms with Gasteiger partial charge in [0.25, 0.3) is 0 Å². The molecule has 4 nitrogen and oxygen atoms in total. The highest BCUT2D eigenvalue weighted by atomic mass is 19.1. The molecule has 0 aliphatic carbocycles. The fourth-order valence-corrected chi connectivity index (χ4v) is 2.04. The SMILES string of the molecule is O=c1c(O)c(-c2ccc(O)cc2)oc2cc(F)cc(F)c12. The molecule has 0 saturated heterocycles. The lowest BCUT2D eigenvalue weighted by molar-refractivity contribution is 0.447. The number of rotatable bonds is 1. The lowest BCUT2D eigenvalue weighted by atomic mass is 10.1. The normalized spacial score (nSPS) is 11.0. The van der Waals surface area contributed by atoms with Gasteiger partial charge < -0.3 is 14.6 Å². The lowest BCUT2D eigenvalue weighted by Gasteiger charge is -2.06. The Morgan fingerprint density at radius 3 is 2.33 bits per heavy atom. The number of phenols is 1. The van der Waals surface area contributed by atoms with E-state index in [9.17, 15) is 23.8 Å². The summed E-state index contributed by atoms with van der Waals surface area (Å²) in [6.45, 7) is 0. The van der Waals surface area contributed by atoms with Crippen molar-refractivity contribution in [3.63, 3.8) is 0 Å². The van der Waals surface area contributed by atoms with Gasteiger partial charge >= 0.3 is 0 Å². The minimum Gasteiger partial charge on any atom is -0.508 e. The van der Waals surface area contributed by atoms with Crippen molar-refractivity contribution in [2.75, 3.05) is 0 Å². The predicted molar refractivity (Wildman–Crippen MR) is 71.2 cm³/mol. The second kappa shape index (κ2) is 4.59. The van der Waals surface area contributed by atoms with Gasteiger partial charge in [-0.3, -0.25) is 4.79 Å². The van der Waals surface area contributed by atoms with Crippen LogP contribution in [0.25, 0.3) is 22.3 Å². The van der Waals surface area contributed by atoms with Crippen molar-refractivity contribution in [3.05, 3.63) is 58.3 Å². The van der Waals surface area contributed by atoms with Crippen LogP contribution in [0.1, 0.15) is 0 Å². The van der Waals surface area contributed by atoms with Crippen LogP contribution in [0.15, 0.2) is 45.6 Å². The van der Waals surface area contributed by atoms with Gasteiger partial charge in [-0.1, -0.05) is 0 Å². The minimum atomic E-state index is -1.11. The summed E-state index contributed by atoms with van der Waals surface area (Å²) < 4.78 is 32.1. The van der Waals surface area contributed by atoms with E-state index in [1.807, 2.05) is 0 Å². The zero-order valence-electron chi connectivity index (χ0n) is 10.4. The molecular formula is C15H8F2O4. The summed E-state index contributed by atoms with van der Waals surface area (Å²) in [5.74, 6) is -3.02. The zero-order valence-corrected chi connectivity index (χ0v) is 10.4. The van der Waals surface area contributed by atoms with Gasteiger partial charge in [-0.2, -0.15) is 0 Å². The molecule has 2 aromatic carbocycles. The van der Waals surface area contributed by atoms with Crippen LogP contribution in [0, 0.1) is 11.6 Å². The number of benzene rings is 2. The first kappa shape index (κ1) is 13.1. The first-order valence-corrected chi connectivity index (χ1v) is 5.91. The lowest BCUT2D eigenvalue weighted by Crippen LogP contribution is -2.05. The molecule has 1 aromatic heterocycles. The van der Waals surface area contributed by atoms with E-state index in [4.69, 9.17) is 4.42 Å². The van der Waals surface area contributed by atoms with Gasteiger partial charge in [-0.25, -0.2) is 8.78 Å². The molecule has 0 amide bonds. The molecule has 0 saturated carbocycles. The van der Waals surface area contributed by atoms with Crippen LogP contribution < -0.4 is 5.43 Å². The third-order valence-corrected chi connectivity index (χ3v) is 3.02. The highest BCUT2D eigenvalue weighted by molar-refractivity contribution is 5.82. The summed E-state index contributed by atoms with van der Waals surface area (Å²) in [4.78, 5) is 12.0. The van der Waals surface area contributed by atoms with E-state index in [0.717, 1.165) is 6.07 Å². The quantitative estimate of drug-likeness (QED) is 0.722. The maximum absolute atomic E-state index is 13.6. The van der Waals surface area contributed by atoms with E-state index in [0.29, 0.717) is 6.07 Å². The van der Waals surface area contributed by atoms with E-state index in [2.05, 4.69) is 0 Å². The van der Waals surface area contributed by atoms with Crippen LogP contribution in [-0.2, 0) is 0 Å². The number of phenolic OH excluding ortho intramolecular Hbond substituents is 1. The summed E-state index contributed by atoms with van der Waals surface area (Å²) >= 11 is 0.